The molecule has 1 aliphatic heterocycles. The molecule has 1 heterocycles. The maximum absolute atomic E-state index is 10.3. The van der Waals surface area contributed by atoms with Gasteiger partial charge in [0.25, 0.3) is 0 Å². The Labute approximate surface area is 73.4 Å². The summed E-state index contributed by atoms with van der Waals surface area (Å²) < 4.78 is 0. The van der Waals surface area contributed by atoms with Crippen LogP contribution in [0.25, 0.3) is 0 Å². The number of hydrogen-bond acceptors (Lipinski definition) is 2. The predicted molar refractivity (Wildman–Crippen MR) is 46.8 cm³/mol. The number of hydrogen-bond donors (Lipinski definition) is 2. The minimum Gasteiger partial charge on any atom is -0.390 e. The van der Waals surface area contributed by atoms with Crippen LogP contribution in [0.3, 0.4) is 0 Å². The minimum atomic E-state index is -0.239. The lowest BCUT2D eigenvalue weighted by atomic mass is 9.94. The summed E-state index contributed by atoms with van der Waals surface area (Å²) in [7, 11) is 0. The van der Waals surface area contributed by atoms with Crippen LogP contribution in [0.5, 0.6) is 0 Å². The molecule has 0 aromatic heterocycles. The van der Waals surface area contributed by atoms with E-state index in [4.69, 9.17) is 0 Å². The van der Waals surface area contributed by atoms with Gasteiger partial charge >= 0.3 is 0 Å². The lowest BCUT2D eigenvalue weighted by molar-refractivity contribution is 0.0169. The van der Waals surface area contributed by atoms with Crippen LogP contribution < -0.4 is 5.32 Å². The molecular formula is C10H17NO. The van der Waals surface area contributed by atoms with E-state index in [1.165, 1.54) is 12.8 Å². The van der Waals surface area contributed by atoms with Gasteiger partial charge in [0.1, 0.15) is 0 Å². The van der Waals surface area contributed by atoms with Crippen LogP contribution >= 0.6 is 0 Å². The highest BCUT2D eigenvalue weighted by Crippen LogP contribution is 2.52. The molecule has 68 valence electrons. The fourth-order valence-corrected chi connectivity index (χ4v) is 3.21. The van der Waals surface area contributed by atoms with E-state index < -0.39 is 0 Å². The van der Waals surface area contributed by atoms with Crippen molar-refractivity contribution >= 4 is 0 Å². The average Bonchev–Trinajstić information content (AvgIpc) is 2.71. The zero-order valence-corrected chi connectivity index (χ0v) is 7.42. The van der Waals surface area contributed by atoms with E-state index in [9.17, 15) is 5.11 Å². The number of nitrogens with one attached hydrogen (secondary N) is 1. The van der Waals surface area contributed by atoms with Gasteiger partial charge in [0.05, 0.1) is 5.60 Å². The monoisotopic (exact) mass is 167 g/mol. The van der Waals surface area contributed by atoms with Crippen molar-refractivity contribution in [2.45, 2.75) is 31.3 Å². The fraction of sp³-hybridized carbons (Fsp3) is 1.00. The Bertz CT molecular complexity index is 188. The Kier molecular flexibility index (Phi) is 1.37. The van der Waals surface area contributed by atoms with Gasteiger partial charge in [-0.25, -0.2) is 0 Å². The van der Waals surface area contributed by atoms with Crippen LogP contribution in [0.4, 0.5) is 0 Å². The van der Waals surface area contributed by atoms with Gasteiger partial charge in [0.15, 0.2) is 0 Å². The highest BCUT2D eigenvalue weighted by Gasteiger charge is 2.53. The van der Waals surface area contributed by atoms with Crippen LogP contribution in [0.1, 0.15) is 25.7 Å². The first-order valence-corrected chi connectivity index (χ1v) is 5.21. The first-order chi connectivity index (χ1) is 5.78. The van der Waals surface area contributed by atoms with Crippen molar-refractivity contribution in [3.63, 3.8) is 0 Å². The summed E-state index contributed by atoms with van der Waals surface area (Å²) in [5.74, 6) is 2.24. The molecule has 0 aromatic carbocycles. The molecule has 3 aliphatic rings. The average molecular weight is 167 g/mol. The molecule has 0 radical (unpaired) electrons. The second-order valence-electron chi connectivity index (χ2n) is 4.96. The fourth-order valence-electron chi connectivity index (χ4n) is 3.21. The summed E-state index contributed by atoms with van der Waals surface area (Å²) in [5, 5.41) is 13.7. The van der Waals surface area contributed by atoms with Crippen LogP contribution in [-0.2, 0) is 0 Å². The molecule has 12 heavy (non-hydrogen) atoms. The lowest BCUT2D eigenvalue weighted by Crippen LogP contribution is -2.30. The Morgan fingerprint density at radius 3 is 2.17 bits per heavy atom. The lowest BCUT2D eigenvalue weighted by Gasteiger charge is -2.23. The smallest absolute Gasteiger partial charge is 0.0682 e. The molecule has 2 aliphatic carbocycles. The third-order valence-electron chi connectivity index (χ3n) is 4.05. The second kappa shape index (κ2) is 2.24. The highest BCUT2D eigenvalue weighted by atomic mass is 16.3. The molecule has 2 unspecified atom stereocenters. The van der Waals surface area contributed by atoms with Gasteiger partial charge in [0, 0.05) is 0 Å². The molecule has 0 aromatic rings. The summed E-state index contributed by atoms with van der Waals surface area (Å²) >= 11 is 0. The van der Waals surface area contributed by atoms with Gasteiger partial charge in [-0.2, -0.15) is 0 Å². The van der Waals surface area contributed by atoms with E-state index in [-0.39, 0.29) is 5.60 Å². The first-order valence-electron chi connectivity index (χ1n) is 5.21. The van der Waals surface area contributed by atoms with Crippen LogP contribution in [-0.4, -0.2) is 23.8 Å². The molecule has 0 amide bonds. The van der Waals surface area contributed by atoms with Crippen molar-refractivity contribution < 1.29 is 5.11 Å². The van der Waals surface area contributed by atoms with E-state index in [2.05, 4.69) is 5.32 Å². The van der Waals surface area contributed by atoms with Gasteiger partial charge < -0.3 is 10.4 Å². The zero-order chi connectivity index (χ0) is 8.18. The van der Waals surface area contributed by atoms with Crippen molar-refractivity contribution in [1.29, 1.82) is 0 Å². The van der Waals surface area contributed by atoms with Crippen molar-refractivity contribution in [2.24, 2.45) is 17.8 Å². The maximum atomic E-state index is 10.3. The number of aliphatic hydroxyl groups is 1. The molecule has 0 bridgehead atoms. The summed E-state index contributed by atoms with van der Waals surface area (Å²) in [6.45, 7) is 2.30. The molecule has 0 spiro atoms. The zero-order valence-electron chi connectivity index (χ0n) is 7.42. The Hall–Kier alpha value is -0.0800. The first kappa shape index (κ1) is 7.34. The van der Waals surface area contributed by atoms with E-state index in [1.807, 2.05) is 0 Å². The molecule has 3 fully saturated rings. The molecule has 2 nitrogen and oxygen atoms in total. The quantitative estimate of drug-likeness (QED) is 0.604. The third kappa shape index (κ3) is 0.944. The molecule has 3 rings (SSSR count). The topological polar surface area (TPSA) is 32.3 Å². The van der Waals surface area contributed by atoms with Gasteiger partial charge in [-0.3, -0.25) is 0 Å². The highest BCUT2D eigenvalue weighted by molar-refractivity contribution is 5.05. The van der Waals surface area contributed by atoms with Crippen LogP contribution in [0.15, 0.2) is 0 Å². The molecule has 2 atom stereocenters. The summed E-state index contributed by atoms with van der Waals surface area (Å²) in [4.78, 5) is 0. The van der Waals surface area contributed by atoms with Crippen molar-refractivity contribution in [3.05, 3.63) is 0 Å². The SMILES string of the molecule is OC1(C2CC2)CC2CNCC2C1. The maximum Gasteiger partial charge on any atom is 0.0682 e. The molecule has 2 N–H and O–H groups in total. The van der Waals surface area contributed by atoms with Gasteiger partial charge in [-0.15, -0.1) is 0 Å². The number of rotatable bonds is 1. The Balaban J connectivity index is 1.76. The second-order valence-corrected chi connectivity index (χ2v) is 4.96. The van der Waals surface area contributed by atoms with E-state index in [0.29, 0.717) is 5.92 Å². The Morgan fingerprint density at radius 2 is 1.67 bits per heavy atom. The largest absolute Gasteiger partial charge is 0.390 e. The Morgan fingerprint density at radius 1 is 1.08 bits per heavy atom. The molecule has 2 saturated carbocycles. The normalized spacial score (nSPS) is 52.8. The summed E-state index contributed by atoms with van der Waals surface area (Å²) in [6, 6.07) is 0. The predicted octanol–water partition coefficient (Wildman–Crippen LogP) is 0.757. The van der Waals surface area contributed by atoms with Gasteiger partial charge in [-0.05, 0) is 56.5 Å². The van der Waals surface area contributed by atoms with E-state index in [1.54, 1.807) is 0 Å². The van der Waals surface area contributed by atoms with E-state index >= 15 is 0 Å². The van der Waals surface area contributed by atoms with Crippen LogP contribution in [0, 0.1) is 17.8 Å². The van der Waals surface area contributed by atoms with Crippen molar-refractivity contribution in [3.8, 4) is 0 Å². The molecular weight excluding hydrogens is 150 g/mol. The minimum absolute atomic E-state index is 0.239. The van der Waals surface area contributed by atoms with Crippen molar-refractivity contribution in [2.75, 3.05) is 13.1 Å². The van der Waals surface area contributed by atoms with Crippen molar-refractivity contribution in [1.82, 2.24) is 5.32 Å². The van der Waals surface area contributed by atoms with Gasteiger partial charge in [0.2, 0.25) is 0 Å². The summed E-state index contributed by atoms with van der Waals surface area (Å²) in [6.07, 6.45) is 4.72. The third-order valence-corrected chi connectivity index (χ3v) is 4.05. The van der Waals surface area contributed by atoms with E-state index in [0.717, 1.165) is 37.8 Å². The molecule has 2 heteroatoms. The standard InChI is InChI=1S/C10H17NO/c12-10(9-1-2-9)3-7-5-11-6-8(7)4-10/h7-9,11-12H,1-6H2. The molecule has 1 saturated heterocycles. The van der Waals surface area contributed by atoms with Crippen LogP contribution in [0.2, 0.25) is 0 Å². The number of fused-ring (bicyclic) bond motifs is 1. The summed E-state index contributed by atoms with van der Waals surface area (Å²) in [5.41, 5.74) is -0.239. The van der Waals surface area contributed by atoms with Gasteiger partial charge in [-0.1, -0.05) is 0 Å².